The number of anilines is 3. The van der Waals surface area contributed by atoms with Crippen LogP contribution in [0.1, 0.15) is 0 Å². The second-order valence-corrected chi connectivity index (χ2v) is 15.8. The molecule has 0 bridgehead atoms. The lowest BCUT2D eigenvalue weighted by Crippen LogP contribution is -2.62. The van der Waals surface area contributed by atoms with Gasteiger partial charge in [0.25, 0.3) is 6.71 Å². The zero-order valence-electron chi connectivity index (χ0n) is 28.1. The van der Waals surface area contributed by atoms with Gasteiger partial charge in [-0.25, -0.2) is 4.98 Å². The summed E-state index contributed by atoms with van der Waals surface area (Å²) in [5.41, 5.74) is 11.8. The van der Waals surface area contributed by atoms with Gasteiger partial charge in [0, 0.05) is 58.5 Å². The molecule has 0 spiro atoms. The van der Waals surface area contributed by atoms with Crippen molar-refractivity contribution in [2.45, 2.75) is 19.6 Å². The van der Waals surface area contributed by atoms with Crippen LogP contribution in [-0.4, -0.2) is 26.2 Å². The molecule has 0 unspecified atom stereocenters. The van der Waals surface area contributed by atoms with Crippen LogP contribution in [0.4, 0.5) is 17.3 Å². The van der Waals surface area contributed by atoms with Crippen LogP contribution < -0.4 is 21.3 Å². The van der Waals surface area contributed by atoms with Gasteiger partial charge in [0.15, 0.2) is 11.6 Å². The average molecular weight is 712 g/mol. The molecule has 0 N–H and O–H groups in total. The predicted octanol–water partition coefficient (Wildman–Crippen LogP) is 9.53. The SMILES string of the molecule is c1ccc(-c2nc(-c3ccccc3)nc(N3c4cccc5c4B4c6c(cc(-n7c8ccccc8c8ccccc87)cc6Sc6cccc3c64)S5)n2)cc1. The maximum Gasteiger partial charge on any atom is 0.252 e. The van der Waals surface area contributed by atoms with E-state index in [1.807, 2.05) is 59.9 Å². The van der Waals surface area contributed by atoms with Crippen LogP contribution in [0.25, 0.3) is 50.3 Å². The molecule has 0 radical (unpaired) electrons. The minimum absolute atomic E-state index is 0.104. The van der Waals surface area contributed by atoms with Crippen molar-refractivity contribution in [3.8, 4) is 28.5 Å². The first-order chi connectivity index (χ1) is 26.3. The maximum absolute atomic E-state index is 5.22. The Morgan fingerprint density at radius 2 is 0.925 bits per heavy atom. The molecule has 0 amide bonds. The summed E-state index contributed by atoms with van der Waals surface area (Å²) in [6, 6.07) is 56.2. The van der Waals surface area contributed by atoms with E-state index in [4.69, 9.17) is 15.0 Å². The maximum atomic E-state index is 5.22. The van der Waals surface area contributed by atoms with Crippen molar-refractivity contribution in [3.05, 3.63) is 158 Å². The molecule has 2 aromatic heterocycles. The van der Waals surface area contributed by atoms with Gasteiger partial charge < -0.3 is 4.57 Å². The number of nitrogens with zero attached hydrogens (tertiary/aromatic N) is 5. The summed E-state index contributed by atoms with van der Waals surface area (Å²) >= 11 is 3.76. The highest BCUT2D eigenvalue weighted by molar-refractivity contribution is 8.01. The summed E-state index contributed by atoms with van der Waals surface area (Å²) in [6.07, 6.45) is 0. The Labute approximate surface area is 314 Å². The van der Waals surface area contributed by atoms with Crippen LogP contribution in [0.5, 0.6) is 0 Å². The van der Waals surface area contributed by atoms with Gasteiger partial charge in [-0.3, -0.25) is 4.90 Å². The van der Waals surface area contributed by atoms with E-state index < -0.39 is 0 Å². The lowest BCUT2D eigenvalue weighted by molar-refractivity contribution is 1.02. The fourth-order valence-corrected chi connectivity index (χ4v) is 11.0. The van der Waals surface area contributed by atoms with Crippen LogP contribution >= 0.6 is 23.5 Å². The molecule has 246 valence electrons. The Hall–Kier alpha value is -6.09. The number of rotatable bonds is 4. The van der Waals surface area contributed by atoms with E-state index in [0.717, 1.165) is 22.5 Å². The minimum Gasteiger partial charge on any atom is -0.309 e. The van der Waals surface area contributed by atoms with Crippen molar-refractivity contribution in [2.24, 2.45) is 0 Å². The Balaban J connectivity index is 1.08. The fourth-order valence-electron chi connectivity index (χ4n) is 8.50. The smallest absolute Gasteiger partial charge is 0.252 e. The van der Waals surface area contributed by atoms with E-state index in [2.05, 4.69) is 131 Å². The summed E-state index contributed by atoms with van der Waals surface area (Å²) in [4.78, 5) is 22.9. The van der Waals surface area contributed by atoms with Crippen molar-refractivity contribution < 1.29 is 0 Å². The van der Waals surface area contributed by atoms with Gasteiger partial charge >= 0.3 is 0 Å². The van der Waals surface area contributed by atoms with Crippen LogP contribution in [0, 0.1) is 0 Å². The van der Waals surface area contributed by atoms with Gasteiger partial charge in [-0.2, -0.15) is 9.97 Å². The third-order valence-electron chi connectivity index (χ3n) is 10.7. The molecular weight excluding hydrogens is 685 g/mol. The molecular formula is C45H26BN5S2. The molecule has 0 atom stereocenters. The fraction of sp³-hybridized carbons (Fsp3) is 0. The van der Waals surface area contributed by atoms with Gasteiger partial charge in [-0.15, -0.1) is 0 Å². The quantitative estimate of drug-likeness (QED) is 0.170. The zero-order chi connectivity index (χ0) is 34.6. The molecule has 53 heavy (non-hydrogen) atoms. The Morgan fingerprint density at radius 3 is 1.45 bits per heavy atom. The molecule has 3 aliphatic rings. The molecule has 12 rings (SSSR count). The van der Waals surface area contributed by atoms with Crippen molar-refractivity contribution in [3.63, 3.8) is 0 Å². The first kappa shape index (κ1) is 29.5. The second kappa shape index (κ2) is 11.2. The normalized spacial score (nSPS) is 13.4. The highest BCUT2D eigenvalue weighted by Gasteiger charge is 2.46. The molecule has 7 aromatic carbocycles. The number of para-hydroxylation sites is 2. The Morgan fingerprint density at radius 1 is 0.434 bits per heavy atom. The molecule has 0 fully saturated rings. The zero-order valence-corrected chi connectivity index (χ0v) is 29.8. The lowest BCUT2D eigenvalue weighted by Gasteiger charge is -2.42. The monoisotopic (exact) mass is 711 g/mol. The topological polar surface area (TPSA) is 46.8 Å². The first-order valence-electron chi connectivity index (χ1n) is 17.7. The second-order valence-electron chi connectivity index (χ2n) is 13.6. The Bertz CT molecular complexity index is 2790. The van der Waals surface area contributed by atoms with Gasteiger partial charge in [0.1, 0.15) is 0 Å². The number of hydrogen-bond donors (Lipinski definition) is 0. The van der Waals surface area contributed by atoms with Gasteiger partial charge in [-0.1, -0.05) is 133 Å². The summed E-state index contributed by atoms with van der Waals surface area (Å²) < 4.78 is 2.44. The average Bonchev–Trinajstić information content (AvgIpc) is 3.56. The predicted molar refractivity (Wildman–Crippen MR) is 219 cm³/mol. The lowest BCUT2D eigenvalue weighted by atomic mass is 9.34. The molecule has 8 heteroatoms. The van der Waals surface area contributed by atoms with Gasteiger partial charge in [0.05, 0.1) is 11.0 Å². The minimum atomic E-state index is 0.104. The number of aromatic nitrogens is 4. The Kier molecular flexibility index (Phi) is 6.23. The summed E-state index contributed by atoms with van der Waals surface area (Å²) in [5.74, 6) is 1.92. The third-order valence-corrected chi connectivity index (χ3v) is 13.0. The summed E-state index contributed by atoms with van der Waals surface area (Å²) in [7, 11) is 0. The van der Waals surface area contributed by atoms with Gasteiger partial charge in [-0.05, 0) is 64.9 Å². The molecule has 3 aliphatic heterocycles. The molecule has 5 nitrogen and oxygen atoms in total. The third kappa shape index (κ3) is 4.28. The van der Waals surface area contributed by atoms with E-state index in [0.29, 0.717) is 17.6 Å². The van der Waals surface area contributed by atoms with E-state index in [-0.39, 0.29) is 6.71 Å². The molecule has 0 saturated carbocycles. The highest BCUT2D eigenvalue weighted by Crippen LogP contribution is 2.47. The van der Waals surface area contributed by atoms with Crippen LogP contribution in [-0.2, 0) is 0 Å². The van der Waals surface area contributed by atoms with E-state index in [1.165, 1.54) is 63.5 Å². The number of fused-ring (bicyclic) bond motifs is 3. The molecule has 0 aliphatic carbocycles. The van der Waals surface area contributed by atoms with E-state index in [9.17, 15) is 0 Å². The van der Waals surface area contributed by atoms with Gasteiger partial charge in [0.2, 0.25) is 5.95 Å². The number of benzene rings is 7. The summed E-state index contributed by atoms with van der Waals surface area (Å²) in [6.45, 7) is 0.104. The summed E-state index contributed by atoms with van der Waals surface area (Å²) in [5, 5.41) is 2.55. The first-order valence-corrected chi connectivity index (χ1v) is 19.4. The van der Waals surface area contributed by atoms with Crippen molar-refractivity contribution >= 4 is 85.8 Å². The molecule has 5 heterocycles. The molecule has 9 aromatic rings. The van der Waals surface area contributed by atoms with Crippen LogP contribution in [0.2, 0.25) is 0 Å². The molecule has 0 saturated heterocycles. The van der Waals surface area contributed by atoms with Crippen molar-refractivity contribution in [2.75, 3.05) is 4.90 Å². The van der Waals surface area contributed by atoms with E-state index in [1.54, 1.807) is 0 Å². The standard InChI is InChI=1S/C45H26BN5S2/c1-3-13-27(14-4-1)43-47-44(28-15-5-2-6-16-28)49-45(48-43)51-34-21-11-23-36-40(34)46-41-35(51)22-12-24-37(41)53-39-26-29(25-38(52-36)42(39)46)50-32-19-9-7-17-30(32)31-18-8-10-20-33(31)50/h1-26H. The van der Waals surface area contributed by atoms with E-state index >= 15 is 0 Å². The number of hydrogen-bond acceptors (Lipinski definition) is 6. The van der Waals surface area contributed by atoms with Crippen LogP contribution in [0.3, 0.4) is 0 Å². The van der Waals surface area contributed by atoms with Crippen molar-refractivity contribution in [1.29, 1.82) is 0 Å². The van der Waals surface area contributed by atoms with Crippen LogP contribution in [0.15, 0.2) is 177 Å². The van der Waals surface area contributed by atoms with Crippen molar-refractivity contribution in [1.82, 2.24) is 19.5 Å². The highest BCUT2D eigenvalue weighted by atomic mass is 32.2. The largest absolute Gasteiger partial charge is 0.309 e.